The fourth-order valence-corrected chi connectivity index (χ4v) is 5.47. The molecule has 0 aliphatic heterocycles. The number of nitrogens with one attached hydrogen (secondary N) is 1. The molecule has 0 saturated carbocycles. The molecule has 1 aromatic carbocycles. The lowest BCUT2D eigenvalue weighted by molar-refractivity contribution is 0.0954. The second-order valence-corrected chi connectivity index (χ2v) is 10.4. The van der Waals surface area contributed by atoms with Crippen LogP contribution in [0.1, 0.15) is 46.5 Å². The van der Waals surface area contributed by atoms with Crippen LogP contribution in [0.4, 0.5) is 4.39 Å². The molecular weight excluding hydrogens is 500 g/mol. The molecule has 1 aromatic heterocycles. The van der Waals surface area contributed by atoms with Crippen LogP contribution in [0.2, 0.25) is 0 Å². The predicted molar refractivity (Wildman–Crippen MR) is 139 cm³/mol. The van der Waals surface area contributed by atoms with Crippen molar-refractivity contribution in [3.63, 3.8) is 0 Å². The zero-order valence-corrected chi connectivity index (χ0v) is 22.0. The van der Waals surface area contributed by atoms with E-state index in [9.17, 15) is 23.7 Å². The Morgan fingerprint density at radius 3 is 2.65 bits per heavy atom. The molecule has 37 heavy (non-hydrogen) atoms. The van der Waals surface area contributed by atoms with Gasteiger partial charge < -0.3 is 19.5 Å². The third-order valence-electron chi connectivity index (χ3n) is 5.64. The Morgan fingerprint density at radius 2 is 1.97 bits per heavy atom. The number of benzene rings is 1. The van der Waals surface area contributed by atoms with Gasteiger partial charge >= 0.3 is 7.60 Å². The Labute approximate surface area is 215 Å². The number of amides is 1. The summed E-state index contributed by atoms with van der Waals surface area (Å²) in [6.07, 6.45) is 8.40. The lowest BCUT2D eigenvalue weighted by Crippen LogP contribution is -2.29. The van der Waals surface area contributed by atoms with Gasteiger partial charge in [-0.1, -0.05) is 18.2 Å². The summed E-state index contributed by atoms with van der Waals surface area (Å²) in [5, 5.41) is 13.8. The number of aromatic hydroxyl groups is 1. The van der Waals surface area contributed by atoms with Crippen molar-refractivity contribution in [2.75, 3.05) is 33.1 Å². The summed E-state index contributed by atoms with van der Waals surface area (Å²) in [5.74, 6) is -1.27. The number of carbonyl (C=O) groups excluding carboxylic acids is 2. The Hall–Kier alpha value is -3.17. The van der Waals surface area contributed by atoms with Crippen molar-refractivity contribution in [2.45, 2.75) is 26.8 Å². The lowest BCUT2D eigenvalue weighted by Gasteiger charge is -2.23. The molecule has 0 bridgehead atoms. The molecule has 9 nitrogen and oxygen atoms in total. The molecule has 2 aromatic rings. The van der Waals surface area contributed by atoms with Crippen molar-refractivity contribution in [1.82, 2.24) is 15.2 Å². The second-order valence-electron chi connectivity index (χ2n) is 8.35. The van der Waals surface area contributed by atoms with E-state index in [4.69, 9.17) is 9.05 Å². The number of fused-ring (bicyclic) bond motifs is 1. The zero-order valence-electron chi connectivity index (χ0n) is 21.1. The molecule has 0 saturated heterocycles. The summed E-state index contributed by atoms with van der Waals surface area (Å²) >= 11 is 0. The van der Waals surface area contributed by atoms with E-state index >= 15 is 0 Å². The van der Waals surface area contributed by atoms with Crippen molar-refractivity contribution in [3.8, 4) is 5.75 Å². The van der Waals surface area contributed by atoms with Crippen molar-refractivity contribution in [2.24, 2.45) is 0 Å². The molecule has 0 fully saturated rings. The minimum atomic E-state index is -3.59. The smallest absolute Gasteiger partial charge is 0.349 e. The average molecular weight is 532 g/mol. The fraction of sp³-hybridized carbons (Fsp3) is 0.346. The standard InChI is InChI=1S/C26H31FN3O6P/c1-4-35-37(34,36-5-2)17-29-26(33)23-20-10-7-13-28-24(20)25(32)22(16-31)21(23)15-30(3)14-18-8-6-9-19(27)12-11-18/h7-13,16,32H,4-6,14-15,17H2,1-3H3,(H,29,33). The van der Waals surface area contributed by atoms with Gasteiger partial charge in [0.15, 0.2) is 12.0 Å². The van der Waals surface area contributed by atoms with Gasteiger partial charge in [-0.25, -0.2) is 4.39 Å². The summed E-state index contributed by atoms with van der Waals surface area (Å²) in [5.41, 5.74) is 1.27. The van der Waals surface area contributed by atoms with Crippen LogP contribution >= 0.6 is 7.60 Å². The number of aromatic nitrogens is 1. The normalized spacial score (nSPS) is 13.9. The summed E-state index contributed by atoms with van der Waals surface area (Å²) in [6, 6.07) is 3.23. The maximum absolute atomic E-state index is 13.6. The Balaban J connectivity index is 2.01. The molecule has 0 radical (unpaired) electrons. The fourth-order valence-electron chi connectivity index (χ4n) is 4.09. The van der Waals surface area contributed by atoms with Crippen LogP contribution in [0.3, 0.4) is 0 Å². The van der Waals surface area contributed by atoms with Crippen LogP contribution in [0.25, 0.3) is 10.9 Å². The van der Waals surface area contributed by atoms with E-state index in [0.29, 0.717) is 24.6 Å². The molecule has 0 unspecified atom stereocenters. The molecule has 11 heteroatoms. The summed E-state index contributed by atoms with van der Waals surface area (Å²) < 4.78 is 37.0. The van der Waals surface area contributed by atoms with E-state index in [1.54, 1.807) is 39.1 Å². The number of likely N-dealkylation sites (N-methyl/N-ethyl adjacent to an activating group) is 1. The summed E-state index contributed by atoms with van der Waals surface area (Å²) in [4.78, 5) is 31.6. The van der Waals surface area contributed by atoms with Crippen LogP contribution < -0.4 is 5.32 Å². The van der Waals surface area contributed by atoms with E-state index in [2.05, 4.69) is 10.3 Å². The van der Waals surface area contributed by atoms with Gasteiger partial charge in [-0.05, 0) is 56.7 Å². The van der Waals surface area contributed by atoms with E-state index < -0.39 is 13.5 Å². The Bertz CT molecular complexity index is 1300. The van der Waals surface area contributed by atoms with E-state index in [1.807, 2.05) is 11.0 Å². The Kier molecular flexibility index (Phi) is 9.88. The first-order chi connectivity index (χ1) is 17.7. The number of carbonyl (C=O) groups is 2. The van der Waals surface area contributed by atoms with Crippen LogP contribution in [-0.2, 0) is 20.2 Å². The second kappa shape index (κ2) is 12.9. The number of pyridine rings is 1. The van der Waals surface area contributed by atoms with E-state index in [0.717, 1.165) is 5.57 Å². The number of halogens is 1. The highest BCUT2D eigenvalue weighted by atomic mass is 31.2. The van der Waals surface area contributed by atoms with Gasteiger partial charge in [0.25, 0.3) is 5.91 Å². The predicted octanol–water partition coefficient (Wildman–Crippen LogP) is 4.88. The maximum atomic E-state index is 13.6. The largest absolute Gasteiger partial charge is 0.505 e. The number of rotatable bonds is 12. The monoisotopic (exact) mass is 531 g/mol. The minimum Gasteiger partial charge on any atom is -0.505 e. The van der Waals surface area contributed by atoms with Crippen LogP contribution in [0.5, 0.6) is 5.75 Å². The topological polar surface area (TPSA) is 118 Å². The van der Waals surface area contributed by atoms with Crippen molar-refractivity contribution >= 4 is 30.7 Å². The Morgan fingerprint density at radius 1 is 1.24 bits per heavy atom. The molecule has 1 aliphatic rings. The highest BCUT2D eigenvalue weighted by molar-refractivity contribution is 7.53. The molecule has 1 aliphatic carbocycles. The van der Waals surface area contributed by atoms with Gasteiger partial charge in [0.2, 0.25) is 0 Å². The number of hydrogen-bond acceptors (Lipinski definition) is 8. The summed E-state index contributed by atoms with van der Waals surface area (Å²) in [7, 11) is -1.81. The first-order valence-corrected chi connectivity index (χ1v) is 13.6. The van der Waals surface area contributed by atoms with Gasteiger partial charge in [0, 0.05) is 24.7 Å². The molecule has 3 rings (SSSR count). The van der Waals surface area contributed by atoms with Crippen LogP contribution in [-0.4, -0.2) is 60.3 Å². The number of nitrogens with zero attached hydrogens (tertiary/aromatic N) is 2. The first-order valence-electron chi connectivity index (χ1n) is 11.9. The number of allylic oxidation sites excluding steroid dienone is 4. The molecule has 198 valence electrons. The van der Waals surface area contributed by atoms with Crippen LogP contribution in [0.15, 0.2) is 54.0 Å². The van der Waals surface area contributed by atoms with Gasteiger partial charge in [-0.2, -0.15) is 0 Å². The van der Waals surface area contributed by atoms with Crippen LogP contribution in [0, 0.1) is 0 Å². The average Bonchev–Trinajstić information content (AvgIpc) is 3.07. The molecular formula is C26H31FN3O6P. The molecule has 2 N–H and O–H groups in total. The zero-order chi connectivity index (χ0) is 27.0. The molecule has 1 heterocycles. The van der Waals surface area contributed by atoms with E-state index in [-0.39, 0.29) is 59.8 Å². The van der Waals surface area contributed by atoms with Gasteiger partial charge in [-0.15, -0.1) is 0 Å². The first kappa shape index (κ1) is 28.4. The highest BCUT2D eigenvalue weighted by Crippen LogP contribution is 2.46. The quantitative estimate of drug-likeness (QED) is 0.294. The van der Waals surface area contributed by atoms with Crippen molar-refractivity contribution in [1.29, 1.82) is 0 Å². The minimum absolute atomic E-state index is 0.0703. The molecule has 0 spiro atoms. The van der Waals surface area contributed by atoms with Gasteiger partial charge in [0.05, 0.1) is 24.3 Å². The molecule has 1 amide bonds. The number of hydrogen-bond donors (Lipinski definition) is 2. The van der Waals surface area contributed by atoms with Gasteiger partial charge in [0.1, 0.15) is 17.6 Å². The highest BCUT2D eigenvalue weighted by Gasteiger charge is 2.28. The van der Waals surface area contributed by atoms with Crippen molar-refractivity contribution < 1.29 is 32.7 Å². The van der Waals surface area contributed by atoms with Crippen molar-refractivity contribution in [3.05, 3.63) is 70.7 Å². The lowest BCUT2D eigenvalue weighted by atomic mass is 9.94. The van der Waals surface area contributed by atoms with E-state index in [1.165, 1.54) is 18.3 Å². The number of aldehydes is 1. The van der Waals surface area contributed by atoms with Gasteiger partial charge in [-0.3, -0.25) is 24.0 Å². The SMILES string of the molecule is CCOP(=O)(CNC(=O)c1c(CN(C)CC2=CCC=C(F)C=C2)c(C=O)c(O)c2ncccc12)OCC. The number of phenolic OH excluding ortho intramolecular Hbond substituents is 1. The third kappa shape index (κ3) is 6.99. The summed E-state index contributed by atoms with van der Waals surface area (Å²) in [6.45, 7) is 4.10. The maximum Gasteiger partial charge on any atom is 0.349 e. The third-order valence-corrected chi connectivity index (χ3v) is 7.49. The number of phenols is 1. The molecule has 0 atom stereocenters.